The number of carbonyl (C=O) groups excluding carboxylic acids is 1. The molecule has 162 valence electrons. The van der Waals surface area contributed by atoms with Crippen LogP contribution < -0.4 is 10.6 Å². The van der Waals surface area contributed by atoms with Crippen LogP contribution in [0.3, 0.4) is 0 Å². The van der Waals surface area contributed by atoms with E-state index in [4.69, 9.17) is 10.00 Å². The van der Waals surface area contributed by atoms with Crippen LogP contribution in [0.1, 0.15) is 59.4 Å². The van der Waals surface area contributed by atoms with Crippen molar-refractivity contribution < 1.29 is 14.6 Å². The Labute approximate surface area is 175 Å². The van der Waals surface area contributed by atoms with Crippen LogP contribution in [0.4, 0.5) is 4.79 Å². The molecule has 1 amide bonds. The van der Waals surface area contributed by atoms with E-state index < -0.39 is 23.8 Å². The number of aliphatic hydroxyl groups excluding tert-OH is 1. The Kier molecular flexibility index (Phi) is 10.1. The average molecular weight is 404 g/mol. The molecule has 0 bridgehead atoms. The zero-order valence-electron chi connectivity index (χ0n) is 18.5. The van der Waals surface area contributed by atoms with Crippen molar-refractivity contribution in [2.75, 3.05) is 13.1 Å². The van der Waals surface area contributed by atoms with Crippen molar-refractivity contribution in [3.05, 3.63) is 35.9 Å². The van der Waals surface area contributed by atoms with Crippen molar-refractivity contribution in [2.24, 2.45) is 5.41 Å². The van der Waals surface area contributed by atoms with Gasteiger partial charge in [-0.3, -0.25) is 0 Å². The number of nitrogens with one attached hydrogen (secondary N) is 2. The van der Waals surface area contributed by atoms with Gasteiger partial charge in [-0.15, -0.1) is 0 Å². The first kappa shape index (κ1) is 24.9. The molecule has 29 heavy (non-hydrogen) atoms. The zero-order valence-corrected chi connectivity index (χ0v) is 18.5. The minimum Gasteiger partial charge on any atom is -0.444 e. The molecule has 0 radical (unpaired) electrons. The zero-order chi connectivity index (χ0) is 21.9. The van der Waals surface area contributed by atoms with Gasteiger partial charge in [-0.2, -0.15) is 5.26 Å². The number of alkyl carbamates (subject to hydrolysis) is 1. The molecule has 6 nitrogen and oxygen atoms in total. The van der Waals surface area contributed by atoms with Crippen LogP contribution in [0, 0.1) is 16.7 Å². The van der Waals surface area contributed by atoms with Gasteiger partial charge in [0.25, 0.3) is 0 Å². The Morgan fingerprint density at radius 3 is 2.45 bits per heavy atom. The SMILES string of the molecule is CC(C)(CCCC#N)CNC[C@H](O)[C@H](Cc1ccccc1)NC(=O)OC(C)(C)C. The minimum absolute atomic E-state index is 0.0318. The third kappa shape index (κ3) is 11.5. The first-order valence-electron chi connectivity index (χ1n) is 10.3. The maximum atomic E-state index is 12.3. The molecule has 0 saturated carbocycles. The number of hydrogen-bond donors (Lipinski definition) is 3. The number of aliphatic hydroxyl groups is 1. The number of hydrogen-bond acceptors (Lipinski definition) is 5. The second-order valence-corrected chi connectivity index (χ2v) is 9.32. The van der Waals surface area contributed by atoms with E-state index >= 15 is 0 Å². The van der Waals surface area contributed by atoms with Crippen molar-refractivity contribution in [1.82, 2.24) is 10.6 Å². The number of benzene rings is 1. The van der Waals surface area contributed by atoms with E-state index in [1.54, 1.807) is 0 Å². The van der Waals surface area contributed by atoms with Crippen molar-refractivity contribution >= 4 is 6.09 Å². The average Bonchev–Trinajstić information content (AvgIpc) is 2.60. The number of rotatable bonds is 11. The van der Waals surface area contributed by atoms with Crippen molar-refractivity contribution in [2.45, 2.75) is 78.0 Å². The van der Waals surface area contributed by atoms with E-state index in [1.165, 1.54) is 0 Å². The third-order valence-electron chi connectivity index (χ3n) is 4.56. The molecule has 0 aliphatic heterocycles. The fraction of sp³-hybridized carbons (Fsp3) is 0.652. The summed E-state index contributed by atoms with van der Waals surface area (Å²) < 4.78 is 5.36. The Hall–Kier alpha value is -2.10. The molecule has 0 aliphatic carbocycles. The summed E-state index contributed by atoms with van der Waals surface area (Å²) in [6.07, 6.45) is 1.57. The molecule has 1 aromatic carbocycles. The van der Waals surface area contributed by atoms with Gasteiger partial charge in [0.05, 0.1) is 18.2 Å². The summed E-state index contributed by atoms with van der Waals surface area (Å²) in [7, 11) is 0. The highest BCUT2D eigenvalue weighted by molar-refractivity contribution is 5.68. The van der Waals surface area contributed by atoms with Crippen molar-refractivity contribution in [3.8, 4) is 6.07 Å². The highest BCUT2D eigenvalue weighted by atomic mass is 16.6. The quantitative estimate of drug-likeness (QED) is 0.489. The lowest BCUT2D eigenvalue weighted by Crippen LogP contribution is -2.50. The molecule has 0 spiro atoms. The van der Waals surface area contributed by atoms with Gasteiger partial charge >= 0.3 is 6.09 Å². The molecule has 0 heterocycles. The molecular weight excluding hydrogens is 366 g/mol. The summed E-state index contributed by atoms with van der Waals surface area (Å²) in [5.41, 5.74) is 0.465. The maximum absolute atomic E-state index is 12.3. The van der Waals surface area contributed by atoms with E-state index in [-0.39, 0.29) is 5.41 Å². The van der Waals surface area contributed by atoms with Gasteiger partial charge < -0.3 is 20.5 Å². The number of nitriles is 1. The fourth-order valence-electron chi connectivity index (χ4n) is 3.05. The lowest BCUT2D eigenvalue weighted by Gasteiger charge is -2.29. The van der Waals surface area contributed by atoms with Gasteiger partial charge in [0.1, 0.15) is 5.60 Å². The number of ether oxygens (including phenoxy) is 1. The number of nitrogens with zero attached hydrogens (tertiary/aromatic N) is 1. The second kappa shape index (κ2) is 11.8. The Bertz CT molecular complexity index is 648. The van der Waals surface area contributed by atoms with Crippen LogP contribution in [-0.2, 0) is 11.2 Å². The van der Waals surface area contributed by atoms with Gasteiger partial charge in [0, 0.05) is 19.5 Å². The van der Waals surface area contributed by atoms with Crippen molar-refractivity contribution in [1.29, 1.82) is 5.26 Å². The lowest BCUT2D eigenvalue weighted by molar-refractivity contribution is 0.0420. The highest BCUT2D eigenvalue weighted by Gasteiger charge is 2.25. The summed E-state index contributed by atoms with van der Waals surface area (Å²) in [6.45, 7) is 10.8. The summed E-state index contributed by atoms with van der Waals surface area (Å²) in [6, 6.07) is 11.5. The van der Waals surface area contributed by atoms with E-state index in [1.807, 2.05) is 51.1 Å². The van der Waals surface area contributed by atoms with Crippen LogP contribution in [-0.4, -0.2) is 42.0 Å². The molecule has 0 saturated heterocycles. The molecule has 0 aromatic heterocycles. The molecule has 2 atom stereocenters. The summed E-state index contributed by atoms with van der Waals surface area (Å²) in [5, 5.41) is 25.6. The first-order valence-corrected chi connectivity index (χ1v) is 10.3. The normalized spacial score (nSPS) is 14.0. The predicted molar refractivity (Wildman–Crippen MR) is 115 cm³/mol. The molecule has 0 aliphatic rings. The standard InChI is InChI=1S/C23H37N3O3/c1-22(2,3)29-21(28)26-19(15-18-11-7-6-8-12-18)20(27)16-25-17-23(4,5)13-9-10-14-24/h6-8,11-12,19-20,25,27H,9-10,13,15-17H2,1-5H3,(H,26,28)/t19-,20-/m0/s1. The molecule has 3 N–H and O–H groups in total. The van der Waals surface area contributed by atoms with Crippen molar-refractivity contribution in [3.63, 3.8) is 0 Å². The van der Waals surface area contributed by atoms with Gasteiger partial charge in [0.15, 0.2) is 0 Å². The molecular formula is C23H37N3O3. The summed E-state index contributed by atoms with van der Waals surface area (Å²) in [5.74, 6) is 0. The van der Waals surface area contributed by atoms with Gasteiger partial charge in [0.2, 0.25) is 0 Å². The molecule has 1 rings (SSSR count). The van der Waals surface area contributed by atoms with E-state index in [0.717, 1.165) is 24.9 Å². The minimum atomic E-state index is -0.766. The number of amides is 1. The van der Waals surface area contributed by atoms with Gasteiger partial charge in [-0.05, 0) is 51.0 Å². The van der Waals surface area contributed by atoms with Gasteiger partial charge in [-0.1, -0.05) is 44.2 Å². The summed E-state index contributed by atoms with van der Waals surface area (Å²) >= 11 is 0. The van der Waals surface area contributed by atoms with Crippen LogP contribution in [0.2, 0.25) is 0 Å². The van der Waals surface area contributed by atoms with Gasteiger partial charge in [-0.25, -0.2) is 4.79 Å². The van der Waals surface area contributed by atoms with Crippen LogP contribution in [0.5, 0.6) is 0 Å². The largest absolute Gasteiger partial charge is 0.444 e. The van der Waals surface area contributed by atoms with Crippen LogP contribution in [0.25, 0.3) is 0 Å². The molecule has 0 unspecified atom stereocenters. The molecule has 6 heteroatoms. The smallest absolute Gasteiger partial charge is 0.407 e. The van der Waals surface area contributed by atoms with E-state index in [0.29, 0.717) is 19.4 Å². The monoisotopic (exact) mass is 403 g/mol. The predicted octanol–water partition coefficient (Wildman–Crippen LogP) is 3.79. The maximum Gasteiger partial charge on any atom is 0.407 e. The second-order valence-electron chi connectivity index (χ2n) is 9.32. The first-order chi connectivity index (χ1) is 13.5. The van der Waals surface area contributed by atoms with E-state index in [2.05, 4.69) is 30.6 Å². The topological polar surface area (TPSA) is 94.4 Å². The lowest BCUT2D eigenvalue weighted by atomic mass is 9.87. The molecule has 1 aromatic rings. The number of carbonyl (C=O) groups is 1. The third-order valence-corrected chi connectivity index (χ3v) is 4.56. The Balaban J connectivity index is 2.66. The number of unbranched alkanes of at least 4 members (excludes halogenated alkanes) is 1. The van der Waals surface area contributed by atoms with E-state index in [9.17, 15) is 9.90 Å². The Morgan fingerprint density at radius 2 is 1.86 bits per heavy atom. The fourth-order valence-corrected chi connectivity index (χ4v) is 3.05. The summed E-state index contributed by atoms with van der Waals surface area (Å²) in [4.78, 5) is 12.3. The molecule has 0 fully saturated rings. The van der Waals surface area contributed by atoms with Crippen LogP contribution >= 0.6 is 0 Å². The van der Waals surface area contributed by atoms with Crippen LogP contribution in [0.15, 0.2) is 30.3 Å². The highest BCUT2D eigenvalue weighted by Crippen LogP contribution is 2.22. The Morgan fingerprint density at radius 1 is 1.21 bits per heavy atom.